The van der Waals surface area contributed by atoms with Crippen molar-refractivity contribution in [3.05, 3.63) is 18.2 Å². The molecular formula is C10H15N2. The monoisotopic (exact) mass is 163 g/mol. The molecule has 0 amide bonds. The molecular weight excluding hydrogens is 148 g/mol. The van der Waals surface area contributed by atoms with Crippen LogP contribution in [0.4, 0.5) is 0 Å². The minimum absolute atomic E-state index is 0.679. The zero-order valence-corrected chi connectivity index (χ0v) is 7.34. The summed E-state index contributed by atoms with van der Waals surface area (Å²) < 4.78 is 0. The second kappa shape index (κ2) is 3.74. The molecule has 1 heterocycles. The SMILES string of the molecule is [c]1c[nH]c(C2CCCCCC2)n1. The highest BCUT2D eigenvalue weighted by molar-refractivity contribution is 4.96. The summed E-state index contributed by atoms with van der Waals surface area (Å²) in [6, 6.07) is 0. The van der Waals surface area contributed by atoms with E-state index in [4.69, 9.17) is 0 Å². The average Bonchev–Trinajstić information content (AvgIpc) is 2.48. The Bertz CT molecular complexity index is 208. The number of imidazole rings is 1. The Hall–Kier alpha value is -0.790. The fraction of sp³-hybridized carbons (Fsp3) is 0.700. The van der Waals surface area contributed by atoms with E-state index in [1.165, 1.54) is 38.5 Å². The Morgan fingerprint density at radius 1 is 1.25 bits per heavy atom. The maximum Gasteiger partial charge on any atom is 0.109 e. The van der Waals surface area contributed by atoms with Gasteiger partial charge in [-0.05, 0) is 12.8 Å². The number of hydrogen-bond acceptors (Lipinski definition) is 1. The minimum Gasteiger partial charge on any atom is -0.348 e. The number of aromatic nitrogens is 2. The molecule has 1 aliphatic rings. The highest BCUT2D eigenvalue weighted by atomic mass is 14.9. The van der Waals surface area contributed by atoms with E-state index in [1.54, 1.807) is 6.20 Å². The third-order valence-electron chi connectivity index (χ3n) is 2.71. The van der Waals surface area contributed by atoms with E-state index >= 15 is 0 Å². The van der Waals surface area contributed by atoms with E-state index in [0.717, 1.165) is 5.82 Å². The first-order valence-corrected chi connectivity index (χ1v) is 4.88. The predicted octanol–water partition coefficient (Wildman–Crippen LogP) is 2.65. The maximum atomic E-state index is 4.20. The first kappa shape index (κ1) is 7.84. The lowest BCUT2D eigenvalue weighted by Gasteiger charge is -2.09. The molecule has 2 rings (SSSR count). The van der Waals surface area contributed by atoms with Crippen LogP contribution in [0, 0.1) is 6.20 Å². The Morgan fingerprint density at radius 2 is 2.00 bits per heavy atom. The highest BCUT2D eigenvalue weighted by Gasteiger charge is 2.15. The third kappa shape index (κ3) is 1.68. The standard InChI is InChI=1S/C10H15N2/c1-2-4-6-9(5-3-1)10-11-7-8-12-10/h7,9H,1-6H2,(H,11,12). The molecule has 65 valence electrons. The van der Waals surface area contributed by atoms with Crippen molar-refractivity contribution in [1.29, 1.82) is 0 Å². The Morgan fingerprint density at radius 3 is 2.58 bits per heavy atom. The number of hydrogen-bond donors (Lipinski definition) is 1. The topological polar surface area (TPSA) is 28.7 Å². The zero-order chi connectivity index (χ0) is 8.23. The Labute approximate surface area is 73.4 Å². The van der Waals surface area contributed by atoms with Gasteiger partial charge in [-0.15, -0.1) is 0 Å². The molecule has 0 aliphatic heterocycles. The summed E-state index contributed by atoms with van der Waals surface area (Å²) in [5.41, 5.74) is 0. The molecule has 0 atom stereocenters. The van der Waals surface area contributed by atoms with Crippen LogP contribution >= 0.6 is 0 Å². The Kier molecular flexibility index (Phi) is 2.45. The molecule has 0 saturated heterocycles. The molecule has 0 spiro atoms. The summed E-state index contributed by atoms with van der Waals surface area (Å²) >= 11 is 0. The molecule has 1 N–H and O–H groups in total. The van der Waals surface area contributed by atoms with Gasteiger partial charge in [0.1, 0.15) is 12.0 Å². The first-order chi connectivity index (χ1) is 5.97. The number of rotatable bonds is 1. The maximum absolute atomic E-state index is 4.20. The van der Waals surface area contributed by atoms with Crippen LogP contribution in [0.15, 0.2) is 6.20 Å². The van der Waals surface area contributed by atoms with Crippen LogP contribution in [0.5, 0.6) is 0 Å². The van der Waals surface area contributed by atoms with Crippen molar-refractivity contribution in [1.82, 2.24) is 9.97 Å². The van der Waals surface area contributed by atoms with Crippen molar-refractivity contribution < 1.29 is 0 Å². The lowest BCUT2D eigenvalue weighted by Crippen LogP contribution is -1.99. The first-order valence-electron chi connectivity index (χ1n) is 4.88. The van der Waals surface area contributed by atoms with Crippen LogP contribution in [0.25, 0.3) is 0 Å². The van der Waals surface area contributed by atoms with E-state index in [9.17, 15) is 0 Å². The van der Waals surface area contributed by atoms with Crippen LogP contribution in [0.1, 0.15) is 50.3 Å². The van der Waals surface area contributed by atoms with Gasteiger partial charge in [0.2, 0.25) is 0 Å². The second-order valence-electron chi connectivity index (χ2n) is 3.60. The fourth-order valence-corrected chi connectivity index (χ4v) is 2.00. The summed E-state index contributed by atoms with van der Waals surface area (Å²) in [4.78, 5) is 7.37. The molecule has 0 unspecified atom stereocenters. The molecule has 1 aromatic rings. The van der Waals surface area contributed by atoms with Crippen LogP contribution in [0.3, 0.4) is 0 Å². The summed E-state index contributed by atoms with van der Waals surface area (Å²) in [5.74, 6) is 1.83. The highest BCUT2D eigenvalue weighted by Crippen LogP contribution is 2.29. The van der Waals surface area contributed by atoms with Gasteiger partial charge in [0.25, 0.3) is 0 Å². The van der Waals surface area contributed by atoms with E-state index in [1.807, 2.05) is 0 Å². The van der Waals surface area contributed by atoms with Crippen molar-refractivity contribution in [2.24, 2.45) is 0 Å². The Balaban J connectivity index is 2.02. The lowest BCUT2D eigenvalue weighted by atomic mass is 10.00. The quantitative estimate of drug-likeness (QED) is 0.633. The van der Waals surface area contributed by atoms with Crippen molar-refractivity contribution in [2.75, 3.05) is 0 Å². The molecule has 1 radical (unpaired) electrons. The van der Waals surface area contributed by atoms with Crippen LogP contribution in [-0.2, 0) is 0 Å². The van der Waals surface area contributed by atoms with Crippen molar-refractivity contribution in [2.45, 2.75) is 44.4 Å². The van der Waals surface area contributed by atoms with Gasteiger partial charge in [-0.25, -0.2) is 4.98 Å². The molecule has 0 aromatic carbocycles. The van der Waals surface area contributed by atoms with Crippen molar-refractivity contribution >= 4 is 0 Å². The summed E-state index contributed by atoms with van der Waals surface area (Å²) in [5, 5.41) is 0. The molecule has 12 heavy (non-hydrogen) atoms. The van der Waals surface area contributed by atoms with E-state index in [0.29, 0.717) is 5.92 Å². The van der Waals surface area contributed by atoms with Crippen molar-refractivity contribution in [3.63, 3.8) is 0 Å². The van der Waals surface area contributed by atoms with Crippen molar-refractivity contribution in [3.8, 4) is 0 Å². The summed E-state index contributed by atoms with van der Waals surface area (Å²) in [6.07, 6.45) is 12.8. The number of nitrogens with one attached hydrogen (secondary N) is 1. The zero-order valence-electron chi connectivity index (χ0n) is 7.34. The largest absolute Gasteiger partial charge is 0.348 e. The second-order valence-corrected chi connectivity index (χ2v) is 3.60. The molecule has 2 nitrogen and oxygen atoms in total. The van der Waals surface area contributed by atoms with E-state index in [-0.39, 0.29) is 0 Å². The molecule has 2 heteroatoms. The van der Waals surface area contributed by atoms with Crippen LogP contribution in [-0.4, -0.2) is 9.97 Å². The van der Waals surface area contributed by atoms with Gasteiger partial charge in [0, 0.05) is 12.1 Å². The lowest BCUT2D eigenvalue weighted by molar-refractivity contribution is 0.566. The molecule has 1 fully saturated rings. The average molecular weight is 163 g/mol. The predicted molar refractivity (Wildman–Crippen MR) is 47.9 cm³/mol. The van der Waals surface area contributed by atoms with Gasteiger partial charge >= 0.3 is 0 Å². The van der Waals surface area contributed by atoms with Crippen LogP contribution < -0.4 is 0 Å². The summed E-state index contributed by atoms with van der Waals surface area (Å²) in [6.45, 7) is 0. The minimum atomic E-state index is 0.679. The van der Waals surface area contributed by atoms with E-state index < -0.39 is 0 Å². The fourth-order valence-electron chi connectivity index (χ4n) is 2.00. The van der Waals surface area contributed by atoms with Gasteiger partial charge in [0.15, 0.2) is 0 Å². The number of H-pyrrole nitrogens is 1. The number of aromatic amines is 1. The third-order valence-corrected chi connectivity index (χ3v) is 2.71. The van der Waals surface area contributed by atoms with Gasteiger partial charge in [-0.1, -0.05) is 25.7 Å². The summed E-state index contributed by atoms with van der Waals surface area (Å²) in [7, 11) is 0. The molecule has 1 aliphatic carbocycles. The van der Waals surface area contributed by atoms with E-state index in [2.05, 4.69) is 16.2 Å². The number of nitrogens with zero attached hydrogens (tertiary/aromatic N) is 1. The smallest absolute Gasteiger partial charge is 0.109 e. The van der Waals surface area contributed by atoms with Gasteiger partial charge in [0.05, 0.1) is 0 Å². The van der Waals surface area contributed by atoms with Gasteiger partial charge in [-0.3, -0.25) is 0 Å². The van der Waals surface area contributed by atoms with Gasteiger partial charge in [-0.2, -0.15) is 0 Å². The molecule has 1 aromatic heterocycles. The van der Waals surface area contributed by atoms with Crippen LogP contribution in [0.2, 0.25) is 0 Å². The molecule has 0 bridgehead atoms. The van der Waals surface area contributed by atoms with Gasteiger partial charge < -0.3 is 4.98 Å². The molecule has 1 saturated carbocycles. The normalized spacial score (nSPS) is 20.7.